The number of halogens is 1. The van der Waals surface area contributed by atoms with E-state index in [0.717, 1.165) is 5.56 Å². The van der Waals surface area contributed by atoms with Crippen LogP contribution >= 0.6 is 23.8 Å². The monoisotopic (exact) mass is 473 g/mol. The van der Waals surface area contributed by atoms with Gasteiger partial charge in [-0.25, -0.2) is 8.42 Å². The Morgan fingerprint density at radius 3 is 2.19 bits per heavy atom. The van der Waals surface area contributed by atoms with Gasteiger partial charge in [0.15, 0.2) is 5.11 Å². The summed E-state index contributed by atoms with van der Waals surface area (Å²) in [7, 11) is -2.20. The van der Waals surface area contributed by atoms with Gasteiger partial charge in [0.1, 0.15) is 0 Å². The van der Waals surface area contributed by atoms with Crippen molar-refractivity contribution in [3.05, 3.63) is 89.4 Å². The van der Waals surface area contributed by atoms with E-state index < -0.39 is 10.0 Å². The largest absolute Gasteiger partial charge is 0.332 e. The van der Waals surface area contributed by atoms with Gasteiger partial charge >= 0.3 is 0 Å². The van der Waals surface area contributed by atoms with E-state index in [1.165, 1.54) is 23.5 Å². The molecule has 0 spiro atoms. The molecule has 3 rings (SSSR count). The van der Waals surface area contributed by atoms with Gasteiger partial charge in [-0.05, 0) is 66.3 Å². The molecular formula is C22H20ClN3O3S2. The number of carbonyl (C=O) groups excluding carboxylic acids is 1. The zero-order chi connectivity index (χ0) is 22.4. The maximum absolute atomic E-state index is 12.8. The molecule has 0 saturated carbocycles. The first-order valence-corrected chi connectivity index (χ1v) is 11.5. The molecular weight excluding hydrogens is 454 g/mol. The normalized spacial score (nSPS) is 10.9. The van der Waals surface area contributed by atoms with Crippen LogP contribution in [-0.2, 0) is 21.2 Å². The standard InChI is InChI=1S/C22H20ClN3O3S2/c1-26(19-5-3-2-4-6-19)31(28,29)20-13-11-18(12-14-20)24-22(30)25-21(27)15-16-7-9-17(23)10-8-16/h2-14H,15H2,1H3,(H2,24,25,27,30). The second-order valence-corrected chi connectivity index (χ2v) is 9.45. The summed E-state index contributed by atoms with van der Waals surface area (Å²) >= 11 is 11.0. The number of hydrogen-bond acceptors (Lipinski definition) is 4. The highest BCUT2D eigenvalue weighted by molar-refractivity contribution is 7.92. The average molecular weight is 474 g/mol. The number of nitrogens with one attached hydrogen (secondary N) is 2. The van der Waals surface area contributed by atoms with Crippen LogP contribution in [0.15, 0.2) is 83.8 Å². The molecule has 0 aliphatic carbocycles. The van der Waals surface area contributed by atoms with Gasteiger partial charge in [0.05, 0.1) is 17.0 Å². The Kier molecular flexibility index (Phi) is 7.27. The van der Waals surface area contributed by atoms with E-state index in [1.807, 2.05) is 6.07 Å². The van der Waals surface area contributed by atoms with Crippen LogP contribution in [0.5, 0.6) is 0 Å². The summed E-state index contributed by atoms with van der Waals surface area (Å²) in [5, 5.41) is 6.20. The average Bonchev–Trinajstić information content (AvgIpc) is 2.75. The molecule has 160 valence electrons. The lowest BCUT2D eigenvalue weighted by Gasteiger charge is -2.19. The summed E-state index contributed by atoms with van der Waals surface area (Å²) in [6, 6.07) is 21.9. The molecule has 3 aromatic carbocycles. The first-order chi connectivity index (χ1) is 14.8. The summed E-state index contributed by atoms with van der Waals surface area (Å²) in [6.45, 7) is 0. The highest BCUT2D eigenvalue weighted by Gasteiger charge is 2.21. The second-order valence-electron chi connectivity index (χ2n) is 6.64. The lowest BCUT2D eigenvalue weighted by atomic mass is 10.1. The number of rotatable bonds is 6. The van der Waals surface area contributed by atoms with E-state index in [1.54, 1.807) is 60.7 Å². The van der Waals surface area contributed by atoms with Crippen molar-refractivity contribution < 1.29 is 13.2 Å². The van der Waals surface area contributed by atoms with Crippen LogP contribution in [0, 0.1) is 0 Å². The van der Waals surface area contributed by atoms with Crippen LogP contribution in [0.4, 0.5) is 11.4 Å². The van der Waals surface area contributed by atoms with E-state index in [9.17, 15) is 13.2 Å². The van der Waals surface area contributed by atoms with Crippen molar-refractivity contribution in [3.8, 4) is 0 Å². The highest BCUT2D eigenvalue weighted by Crippen LogP contribution is 2.22. The number of para-hydroxylation sites is 1. The van der Waals surface area contributed by atoms with E-state index >= 15 is 0 Å². The van der Waals surface area contributed by atoms with Crippen LogP contribution in [-0.4, -0.2) is 26.5 Å². The third kappa shape index (κ3) is 6.04. The maximum atomic E-state index is 12.8. The summed E-state index contributed by atoms with van der Waals surface area (Å²) in [5.74, 6) is -0.275. The summed E-state index contributed by atoms with van der Waals surface area (Å²) in [4.78, 5) is 12.3. The van der Waals surface area contributed by atoms with Crippen molar-refractivity contribution in [2.75, 3.05) is 16.7 Å². The fourth-order valence-electron chi connectivity index (χ4n) is 2.77. The molecule has 0 aliphatic heterocycles. The van der Waals surface area contributed by atoms with Crippen LogP contribution in [0.3, 0.4) is 0 Å². The number of hydrogen-bond donors (Lipinski definition) is 2. The third-order valence-electron chi connectivity index (χ3n) is 4.42. The van der Waals surface area contributed by atoms with Crippen LogP contribution < -0.4 is 14.9 Å². The Labute approximate surface area is 191 Å². The lowest BCUT2D eigenvalue weighted by molar-refractivity contribution is -0.119. The van der Waals surface area contributed by atoms with Crippen molar-refractivity contribution in [3.63, 3.8) is 0 Å². The van der Waals surface area contributed by atoms with Gasteiger partial charge in [-0.15, -0.1) is 0 Å². The minimum atomic E-state index is -3.70. The van der Waals surface area contributed by atoms with Crippen LogP contribution in [0.2, 0.25) is 5.02 Å². The fraction of sp³-hybridized carbons (Fsp3) is 0.0909. The number of sulfonamides is 1. The van der Waals surface area contributed by atoms with Gasteiger partial charge in [-0.1, -0.05) is 41.9 Å². The van der Waals surface area contributed by atoms with Crippen LogP contribution in [0.1, 0.15) is 5.56 Å². The molecule has 9 heteroatoms. The topological polar surface area (TPSA) is 78.5 Å². The highest BCUT2D eigenvalue weighted by atomic mass is 35.5. The van der Waals surface area contributed by atoms with Crippen molar-refractivity contribution >= 4 is 56.2 Å². The fourth-order valence-corrected chi connectivity index (χ4v) is 4.32. The van der Waals surface area contributed by atoms with Gasteiger partial charge in [0.2, 0.25) is 5.91 Å². The molecule has 0 radical (unpaired) electrons. The summed E-state index contributed by atoms with van der Waals surface area (Å²) < 4.78 is 26.9. The molecule has 0 atom stereocenters. The van der Waals surface area contributed by atoms with E-state index in [4.69, 9.17) is 23.8 Å². The Hall–Kier alpha value is -2.94. The molecule has 0 unspecified atom stereocenters. The molecule has 0 aliphatic rings. The number of nitrogens with zero attached hydrogens (tertiary/aromatic N) is 1. The zero-order valence-electron chi connectivity index (χ0n) is 16.6. The molecule has 1 amide bonds. The summed E-state index contributed by atoms with van der Waals surface area (Å²) in [6.07, 6.45) is 0.155. The molecule has 31 heavy (non-hydrogen) atoms. The third-order valence-corrected chi connectivity index (χ3v) is 6.68. The number of anilines is 2. The molecule has 6 nitrogen and oxygen atoms in total. The lowest BCUT2D eigenvalue weighted by Crippen LogP contribution is -2.35. The SMILES string of the molecule is CN(c1ccccc1)S(=O)(=O)c1ccc(NC(=S)NC(=O)Cc2ccc(Cl)cc2)cc1. The minimum absolute atomic E-state index is 0.121. The van der Waals surface area contributed by atoms with Crippen molar-refractivity contribution in [1.29, 1.82) is 0 Å². The smallest absolute Gasteiger partial charge is 0.264 e. The van der Waals surface area contributed by atoms with Gasteiger partial charge < -0.3 is 10.6 Å². The quantitative estimate of drug-likeness (QED) is 0.524. The van der Waals surface area contributed by atoms with Crippen molar-refractivity contribution in [2.24, 2.45) is 0 Å². The van der Waals surface area contributed by atoms with Crippen LogP contribution in [0.25, 0.3) is 0 Å². The van der Waals surface area contributed by atoms with E-state index in [2.05, 4.69) is 10.6 Å². The first-order valence-electron chi connectivity index (χ1n) is 9.25. The molecule has 0 aromatic heterocycles. The molecule has 0 fully saturated rings. The molecule has 3 aromatic rings. The molecule has 2 N–H and O–H groups in total. The van der Waals surface area contributed by atoms with E-state index in [0.29, 0.717) is 16.4 Å². The number of thiocarbonyl (C=S) groups is 1. The minimum Gasteiger partial charge on any atom is -0.332 e. The molecule has 0 heterocycles. The summed E-state index contributed by atoms with van der Waals surface area (Å²) in [5.41, 5.74) is 1.93. The second kappa shape index (κ2) is 9.91. The van der Waals surface area contributed by atoms with Gasteiger partial charge in [-0.3, -0.25) is 9.10 Å². The molecule has 0 saturated heterocycles. The Balaban J connectivity index is 1.60. The van der Waals surface area contributed by atoms with Gasteiger partial charge in [0, 0.05) is 17.8 Å². The number of carbonyl (C=O) groups is 1. The molecule has 0 bridgehead atoms. The first kappa shape index (κ1) is 22.7. The van der Waals surface area contributed by atoms with Crippen molar-refractivity contribution in [2.45, 2.75) is 11.3 Å². The number of benzene rings is 3. The predicted molar refractivity (Wildman–Crippen MR) is 128 cm³/mol. The Morgan fingerprint density at radius 2 is 1.58 bits per heavy atom. The van der Waals surface area contributed by atoms with Gasteiger partial charge in [0.25, 0.3) is 10.0 Å². The Bertz CT molecular complexity index is 1170. The van der Waals surface area contributed by atoms with E-state index in [-0.39, 0.29) is 22.3 Å². The maximum Gasteiger partial charge on any atom is 0.264 e. The zero-order valence-corrected chi connectivity index (χ0v) is 19.0. The number of amides is 1. The predicted octanol–water partition coefficient (Wildman–Crippen LogP) is 4.22. The van der Waals surface area contributed by atoms with Crippen molar-refractivity contribution in [1.82, 2.24) is 5.32 Å². The van der Waals surface area contributed by atoms with Gasteiger partial charge in [-0.2, -0.15) is 0 Å². The Morgan fingerprint density at radius 1 is 0.968 bits per heavy atom.